The predicted octanol–water partition coefficient (Wildman–Crippen LogP) is 2.28. The van der Waals surface area contributed by atoms with Gasteiger partial charge in [0.1, 0.15) is 5.75 Å². The third-order valence-electron chi connectivity index (χ3n) is 2.57. The van der Waals surface area contributed by atoms with Crippen LogP contribution in [0.25, 0.3) is 0 Å². The number of benzene rings is 1. The summed E-state index contributed by atoms with van der Waals surface area (Å²) in [4.78, 5) is 0. The Kier molecular flexibility index (Phi) is 2.86. The lowest BCUT2D eigenvalue weighted by Gasteiger charge is -2.24. The molecule has 0 aliphatic carbocycles. The van der Waals surface area contributed by atoms with Crippen molar-refractivity contribution in [3.8, 4) is 5.75 Å². The number of aliphatic hydroxyl groups excluding tert-OH is 1. The summed E-state index contributed by atoms with van der Waals surface area (Å²) in [6, 6.07) is 3.87. The van der Waals surface area contributed by atoms with Crippen LogP contribution in [0.4, 0.5) is 0 Å². The first-order valence-electron chi connectivity index (χ1n) is 4.80. The monoisotopic (exact) mass is 194 g/mol. The molecule has 78 valence electrons. The van der Waals surface area contributed by atoms with Crippen LogP contribution in [-0.4, -0.2) is 16.8 Å². The van der Waals surface area contributed by atoms with E-state index in [1.54, 1.807) is 0 Å². The Morgan fingerprint density at radius 1 is 1.21 bits per heavy atom. The number of aromatic hydroxyl groups is 1. The Morgan fingerprint density at radius 3 is 2.29 bits per heavy atom. The van der Waals surface area contributed by atoms with E-state index in [2.05, 4.69) is 0 Å². The average molecular weight is 194 g/mol. The molecule has 2 N–H and O–H groups in total. The van der Waals surface area contributed by atoms with E-state index < -0.39 is 0 Å². The molecule has 0 unspecified atom stereocenters. The van der Waals surface area contributed by atoms with Gasteiger partial charge in [0, 0.05) is 11.0 Å². The van der Waals surface area contributed by atoms with Crippen LogP contribution >= 0.6 is 0 Å². The van der Waals surface area contributed by atoms with Crippen molar-refractivity contribution < 1.29 is 10.2 Å². The average Bonchev–Trinajstić information content (AvgIpc) is 2.11. The van der Waals surface area contributed by atoms with Crippen LogP contribution in [0.15, 0.2) is 12.1 Å². The van der Waals surface area contributed by atoms with E-state index in [9.17, 15) is 10.2 Å². The summed E-state index contributed by atoms with van der Waals surface area (Å²) in [5.41, 5.74) is 2.40. The Morgan fingerprint density at radius 2 is 1.79 bits per heavy atom. The molecule has 14 heavy (non-hydrogen) atoms. The van der Waals surface area contributed by atoms with Gasteiger partial charge < -0.3 is 10.2 Å². The number of hydrogen-bond acceptors (Lipinski definition) is 2. The summed E-state index contributed by atoms with van der Waals surface area (Å²) in [6.45, 7) is 7.73. The van der Waals surface area contributed by atoms with Crippen molar-refractivity contribution in [1.82, 2.24) is 0 Å². The summed E-state index contributed by atoms with van der Waals surface area (Å²) >= 11 is 0. The van der Waals surface area contributed by atoms with Gasteiger partial charge in [0.25, 0.3) is 0 Å². The molecule has 1 aromatic carbocycles. The van der Waals surface area contributed by atoms with Crippen molar-refractivity contribution in [3.05, 3.63) is 28.8 Å². The van der Waals surface area contributed by atoms with E-state index in [4.69, 9.17) is 0 Å². The maximum Gasteiger partial charge on any atom is 0.122 e. The highest BCUT2D eigenvalue weighted by molar-refractivity contribution is 5.46. The summed E-state index contributed by atoms with van der Waals surface area (Å²) in [5, 5.41) is 19.1. The van der Waals surface area contributed by atoms with E-state index >= 15 is 0 Å². The summed E-state index contributed by atoms with van der Waals surface area (Å²) < 4.78 is 0. The van der Waals surface area contributed by atoms with E-state index in [0.29, 0.717) is 5.75 Å². The zero-order valence-electron chi connectivity index (χ0n) is 9.26. The van der Waals surface area contributed by atoms with Crippen LogP contribution in [-0.2, 0) is 5.41 Å². The van der Waals surface area contributed by atoms with Gasteiger partial charge in [0.15, 0.2) is 0 Å². The quantitative estimate of drug-likeness (QED) is 0.758. The number of hydrogen-bond donors (Lipinski definition) is 2. The predicted molar refractivity (Wildman–Crippen MR) is 57.7 cm³/mol. The van der Waals surface area contributed by atoms with Gasteiger partial charge in [-0.15, -0.1) is 0 Å². The highest BCUT2D eigenvalue weighted by atomic mass is 16.3. The van der Waals surface area contributed by atoms with Crippen molar-refractivity contribution in [2.75, 3.05) is 6.61 Å². The fraction of sp³-hybridized carbons (Fsp3) is 0.500. The highest BCUT2D eigenvalue weighted by Crippen LogP contribution is 2.33. The second-order valence-corrected chi connectivity index (χ2v) is 4.52. The van der Waals surface area contributed by atoms with E-state index in [1.165, 1.54) is 0 Å². The third-order valence-corrected chi connectivity index (χ3v) is 2.57. The lowest BCUT2D eigenvalue weighted by Crippen LogP contribution is -2.22. The SMILES string of the molecule is Cc1cc(C)c(O)c(C(C)(C)CO)c1. The minimum atomic E-state index is -0.388. The number of aryl methyl sites for hydroxylation is 2. The second kappa shape index (κ2) is 3.62. The lowest BCUT2D eigenvalue weighted by molar-refractivity contribution is 0.215. The second-order valence-electron chi connectivity index (χ2n) is 4.52. The Balaban J connectivity index is 3.34. The Hall–Kier alpha value is -1.02. The van der Waals surface area contributed by atoms with Crippen LogP contribution in [0.1, 0.15) is 30.5 Å². The normalized spacial score (nSPS) is 11.8. The van der Waals surface area contributed by atoms with Crippen LogP contribution in [0.5, 0.6) is 5.75 Å². The maximum absolute atomic E-state index is 9.88. The molecular formula is C12H18O2. The first-order valence-corrected chi connectivity index (χ1v) is 4.80. The molecule has 1 rings (SSSR count). The smallest absolute Gasteiger partial charge is 0.122 e. The van der Waals surface area contributed by atoms with Gasteiger partial charge in [-0.3, -0.25) is 0 Å². The summed E-state index contributed by atoms with van der Waals surface area (Å²) in [6.07, 6.45) is 0. The molecule has 0 atom stereocenters. The van der Waals surface area contributed by atoms with Gasteiger partial charge >= 0.3 is 0 Å². The fourth-order valence-electron chi connectivity index (χ4n) is 1.56. The van der Waals surface area contributed by atoms with Gasteiger partial charge in [-0.1, -0.05) is 31.5 Å². The molecule has 0 aromatic heterocycles. The van der Waals surface area contributed by atoms with Crippen LogP contribution < -0.4 is 0 Å². The zero-order valence-corrected chi connectivity index (χ0v) is 9.26. The summed E-state index contributed by atoms with van der Waals surface area (Å²) in [5.74, 6) is 0.301. The molecule has 0 saturated carbocycles. The molecule has 0 aliphatic rings. The largest absolute Gasteiger partial charge is 0.507 e. The molecule has 2 heteroatoms. The van der Waals surface area contributed by atoms with Gasteiger partial charge in [-0.25, -0.2) is 0 Å². The third kappa shape index (κ3) is 1.90. The molecule has 2 nitrogen and oxygen atoms in total. The number of phenolic OH excluding ortho intramolecular Hbond substituents is 1. The van der Waals surface area contributed by atoms with E-state index in [-0.39, 0.29) is 12.0 Å². The molecule has 0 saturated heterocycles. The van der Waals surface area contributed by atoms with E-state index in [0.717, 1.165) is 16.7 Å². The summed E-state index contributed by atoms with van der Waals surface area (Å²) in [7, 11) is 0. The lowest BCUT2D eigenvalue weighted by atomic mass is 9.83. The van der Waals surface area contributed by atoms with Crippen molar-refractivity contribution in [2.45, 2.75) is 33.1 Å². The van der Waals surface area contributed by atoms with Crippen LogP contribution in [0.3, 0.4) is 0 Å². The van der Waals surface area contributed by atoms with Crippen LogP contribution in [0, 0.1) is 13.8 Å². The van der Waals surface area contributed by atoms with Gasteiger partial charge in [-0.05, 0) is 19.4 Å². The minimum absolute atomic E-state index is 0.0312. The van der Waals surface area contributed by atoms with E-state index in [1.807, 2.05) is 39.8 Å². The van der Waals surface area contributed by atoms with Crippen LogP contribution in [0.2, 0.25) is 0 Å². The molecule has 0 aliphatic heterocycles. The Labute approximate surface area is 85.2 Å². The molecular weight excluding hydrogens is 176 g/mol. The van der Waals surface area contributed by atoms with Crippen molar-refractivity contribution in [1.29, 1.82) is 0 Å². The van der Waals surface area contributed by atoms with Gasteiger partial charge in [0.2, 0.25) is 0 Å². The Bertz CT molecular complexity index is 340. The number of aliphatic hydroxyl groups is 1. The molecule has 0 amide bonds. The standard InChI is InChI=1S/C12H18O2/c1-8-5-9(2)11(14)10(6-8)12(3,4)7-13/h5-6,13-14H,7H2,1-4H3. The zero-order chi connectivity index (χ0) is 10.9. The molecule has 0 heterocycles. The molecule has 0 fully saturated rings. The van der Waals surface area contributed by atoms with Gasteiger partial charge in [0.05, 0.1) is 6.61 Å². The maximum atomic E-state index is 9.88. The molecule has 0 radical (unpaired) electrons. The fourth-order valence-corrected chi connectivity index (χ4v) is 1.56. The van der Waals surface area contributed by atoms with Crippen molar-refractivity contribution in [2.24, 2.45) is 0 Å². The minimum Gasteiger partial charge on any atom is -0.507 e. The van der Waals surface area contributed by atoms with Crippen molar-refractivity contribution >= 4 is 0 Å². The van der Waals surface area contributed by atoms with Gasteiger partial charge in [-0.2, -0.15) is 0 Å². The topological polar surface area (TPSA) is 40.5 Å². The number of rotatable bonds is 2. The number of phenols is 1. The molecule has 0 spiro atoms. The molecule has 1 aromatic rings. The van der Waals surface area contributed by atoms with Crippen molar-refractivity contribution in [3.63, 3.8) is 0 Å². The first kappa shape index (κ1) is 11.1. The highest BCUT2D eigenvalue weighted by Gasteiger charge is 2.23. The molecule has 0 bridgehead atoms. The first-order chi connectivity index (χ1) is 6.38.